The van der Waals surface area contributed by atoms with Gasteiger partial charge in [0, 0.05) is 51.4 Å². The number of carbonyl (C=O) groups excluding carboxylic acids is 8. The lowest BCUT2D eigenvalue weighted by atomic mass is 9.59. The molecule has 2 saturated carbocycles. The summed E-state index contributed by atoms with van der Waals surface area (Å²) in [6, 6.07) is 21.1. The molecule has 8 rings (SSSR count). The van der Waals surface area contributed by atoms with Gasteiger partial charge in [-0.15, -0.1) is 0 Å². The Labute approximate surface area is 774 Å². The summed E-state index contributed by atoms with van der Waals surface area (Å²) >= 11 is 0. The van der Waals surface area contributed by atoms with Crippen LogP contribution in [0.5, 0.6) is 11.5 Å². The minimum atomic E-state index is -1.14. The van der Waals surface area contributed by atoms with E-state index in [4.69, 9.17) is 130 Å². The van der Waals surface area contributed by atoms with E-state index >= 15 is 0 Å². The predicted molar refractivity (Wildman–Crippen MR) is 470 cm³/mol. The van der Waals surface area contributed by atoms with Crippen molar-refractivity contribution in [2.24, 2.45) is 17.6 Å². The average molecular weight is 1890 g/mol. The van der Waals surface area contributed by atoms with Crippen molar-refractivity contribution >= 4 is 53.8 Å². The molecule has 40 heteroatoms. The Morgan fingerprint density at radius 2 is 0.735 bits per heavy atom. The molecule has 132 heavy (non-hydrogen) atoms. The summed E-state index contributed by atoms with van der Waals surface area (Å²) in [6.45, 7) is 15.2. The van der Waals surface area contributed by atoms with E-state index in [-0.39, 0.29) is 108 Å². The Hall–Kier alpha value is -7.99. The fourth-order valence-corrected chi connectivity index (χ4v) is 14.3. The molecule has 3 aromatic rings. The molecule has 1 aliphatic heterocycles. The highest BCUT2D eigenvalue weighted by molar-refractivity contribution is 5.88. The summed E-state index contributed by atoms with van der Waals surface area (Å²) < 4.78 is 138. The van der Waals surface area contributed by atoms with Gasteiger partial charge in [-0.1, -0.05) is 94.8 Å². The number of carboxylic acid groups (broad SMARTS) is 1. The van der Waals surface area contributed by atoms with Gasteiger partial charge < -0.3 is 149 Å². The summed E-state index contributed by atoms with van der Waals surface area (Å²) in [6.07, 6.45) is 12.4. The minimum Gasteiger partial charge on any atom is -0.480 e. The number of amides is 1. The maximum absolute atomic E-state index is 13.0. The van der Waals surface area contributed by atoms with E-state index in [0.29, 0.717) is 183 Å². The number of aliphatic hydroxyl groups is 1. The molecule has 3 aromatic carbocycles. The zero-order chi connectivity index (χ0) is 95.6. The number of aliphatic hydroxyl groups excluding tert-OH is 1. The van der Waals surface area contributed by atoms with Crippen LogP contribution in [-0.2, 0) is 187 Å². The number of aliphatic carboxylic acids is 1. The number of alkyl carbamates (subject to hydrolysis) is 1. The molecule has 4 aliphatic carbocycles. The third-order valence-corrected chi connectivity index (χ3v) is 20.7. The first-order chi connectivity index (χ1) is 64.2. The molecular formula is C92H144N2O38. The fraction of sp³-hybridized carbons (Fsp3) is 0.707. The molecule has 6 atom stereocenters. The quantitative estimate of drug-likeness (QED) is 0.0185. The van der Waals surface area contributed by atoms with Gasteiger partial charge in [0.15, 0.2) is 0 Å². The Morgan fingerprint density at radius 3 is 1.11 bits per heavy atom. The second-order valence-corrected chi connectivity index (χ2v) is 30.7. The minimum absolute atomic E-state index is 0.0557. The molecule has 5 aliphatic rings. The van der Waals surface area contributed by atoms with Crippen LogP contribution in [0.15, 0.2) is 66.7 Å². The van der Waals surface area contributed by atoms with Crippen molar-refractivity contribution in [1.29, 1.82) is 0 Å². The SMILES string of the molecule is COCCOCCOCCOCCO.COCCOCCOCCOCCOC(=O)COCC(=O)O.COCCOCCOCCOCCOC(=O)COCC(=O)Oc1ccc2c(c1)[C@@]1(C)CCCCC[C@@H](C2)[C@@H]1N.COCCOCCOCCOCCOC(=O)COCC(=O)Oc1ccc2c(c1)[C@@]1(C)CCCCC[C@@H](C2)[C@@H]1NC(=O)OCc1ccccc1.O=C1COCC(=O)O1. The summed E-state index contributed by atoms with van der Waals surface area (Å²) in [5.41, 5.74) is 11.9. The van der Waals surface area contributed by atoms with E-state index in [2.05, 4.69) is 39.4 Å². The molecule has 0 aromatic heterocycles. The summed E-state index contributed by atoms with van der Waals surface area (Å²) in [5, 5.41) is 19.9. The number of carboxylic acids is 1. The summed E-state index contributed by atoms with van der Waals surface area (Å²) in [5.74, 6) is -3.75. The highest BCUT2D eigenvalue weighted by atomic mass is 16.7. The van der Waals surface area contributed by atoms with E-state index < -0.39 is 80.3 Å². The van der Waals surface area contributed by atoms with Gasteiger partial charge >= 0.3 is 53.8 Å². The lowest BCUT2D eigenvalue weighted by Crippen LogP contribution is -2.57. The van der Waals surface area contributed by atoms with Crippen LogP contribution in [0, 0.1) is 11.8 Å². The second-order valence-electron chi connectivity index (χ2n) is 30.7. The van der Waals surface area contributed by atoms with Gasteiger partial charge in [0.25, 0.3) is 0 Å². The van der Waals surface area contributed by atoms with Gasteiger partial charge in [-0.3, -0.25) is 0 Å². The van der Waals surface area contributed by atoms with Gasteiger partial charge in [0.05, 0.1) is 192 Å². The van der Waals surface area contributed by atoms with Gasteiger partial charge in [0.2, 0.25) is 0 Å². The van der Waals surface area contributed by atoms with Gasteiger partial charge in [-0.2, -0.15) is 0 Å². The topological polar surface area (TPSA) is 481 Å². The standard InChI is InChI=1S/C37H51NO11.C29H45NO9.C13H24O9.C9H20O5.C4H4O4/c1-37-14-8-4-7-11-30(35(37)38-36(41)48-25-28-9-5-3-6-10-28)23-29-12-13-31(24-32(29)37)49-34(40)27-46-26-33(39)47-22-21-45-20-19-44-18-17-43-16-15-42-2;1-29-9-5-3-4-6-23(28(29)30)18-22-7-8-24(19-25(22)29)39-27(32)21-37-20-26(31)38-17-16-36-15-14-35-13-12-34-11-10-33-2;1-17-2-3-18-4-5-19-6-7-20-8-9-22-13(16)11-21-10-12(14)15;1-11-4-5-13-8-9-14-7-6-12-3-2-10;5-3-1-7-2-4(6)8-3/h3,5-6,9-10,12-13,24,30,35H,4,7-8,11,14-23,25-27H2,1-2H3,(H,38,41);7-8,19,23,28H,3-6,9-18,20-21,30H2,1-2H3;2-11H2,1H3,(H,14,15);10H,2-9H2,1H3;1-2H2/t30-,35-,37+;23-,28-,29+;;;/m00.../s1. The Kier molecular flexibility index (Phi) is 66.3. The van der Waals surface area contributed by atoms with Crippen LogP contribution in [0.3, 0.4) is 0 Å². The Morgan fingerprint density at radius 1 is 0.394 bits per heavy atom. The van der Waals surface area contributed by atoms with E-state index in [1.54, 1.807) is 34.5 Å². The number of esters is 7. The molecular weight excluding hydrogens is 1740 g/mol. The lowest BCUT2D eigenvalue weighted by Gasteiger charge is -2.49. The summed E-state index contributed by atoms with van der Waals surface area (Å²) in [7, 11) is 6.48. The molecule has 3 fully saturated rings. The summed E-state index contributed by atoms with van der Waals surface area (Å²) in [4.78, 5) is 103. The third kappa shape index (κ3) is 53.9. The second kappa shape index (κ2) is 75.2. The van der Waals surface area contributed by atoms with Crippen molar-refractivity contribution < 1.29 is 181 Å². The molecule has 4 bridgehead atoms. The van der Waals surface area contributed by atoms with Crippen molar-refractivity contribution in [3.63, 3.8) is 0 Å². The molecule has 5 N–H and O–H groups in total. The molecule has 750 valence electrons. The molecule has 0 unspecified atom stereocenters. The number of fused-ring (bicyclic) bond motifs is 8. The molecule has 40 nitrogen and oxygen atoms in total. The van der Waals surface area contributed by atoms with Crippen molar-refractivity contribution in [3.8, 4) is 11.5 Å². The van der Waals surface area contributed by atoms with Gasteiger partial charge in [-0.05, 0) is 102 Å². The number of cyclic esters (lactones) is 2. The number of hydrogen-bond donors (Lipinski definition) is 4. The van der Waals surface area contributed by atoms with Gasteiger partial charge in [-0.25, -0.2) is 43.2 Å². The number of methoxy groups -OCH3 is 4. The number of carbonyl (C=O) groups is 9. The highest BCUT2D eigenvalue weighted by Crippen LogP contribution is 2.49. The fourth-order valence-electron chi connectivity index (χ4n) is 14.3. The van der Waals surface area contributed by atoms with E-state index in [1.165, 1.54) is 36.0 Å². The number of ether oxygens (including phenoxy) is 27. The van der Waals surface area contributed by atoms with Gasteiger partial charge in [0.1, 0.15) is 90.8 Å². The first kappa shape index (κ1) is 116. The van der Waals surface area contributed by atoms with Crippen LogP contribution in [0.2, 0.25) is 0 Å². The molecule has 1 amide bonds. The number of hydrogen-bond acceptors (Lipinski definition) is 38. The van der Waals surface area contributed by atoms with E-state index in [1.807, 2.05) is 54.6 Å². The zero-order valence-corrected chi connectivity index (χ0v) is 77.8. The van der Waals surface area contributed by atoms with Crippen LogP contribution in [0.4, 0.5) is 4.79 Å². The van der Waals surface area contributed by atoms with Crippen molar-refractivity contribution in [1.82, 2.24) is 5.32 Å². The Bertz CT molecular complexity index is 3560. The van der Waals surface area contributed by atoms with Crippen LogP contribution >= 0.6 is 0 Å². The van der Waals surface area contributed by atoms with Crippen LogP contribution in [0.1, 0.15) is 106 Å². The number of nitrogens with two attached hydrogens (primary N) is 1. The largest absolute Gasteiger partial charge is 0.480 e. The zero-order valence-electron chi connectivity index (χ0n) is 77.8. The predicted octanol–water partition coefficient (Wildman–Crippen LogP) is 5.19. The first-order valence-corrected chi connectivity index (χ1v) is 44.8. The van der Waals surface area contributed by atoms with Crippen molar-refractivity contribution in [2.45, 2.75) is 120 Å². The first-order valence-electron chi connectivity index (χ1n) is 44.8. The maximum Gasteiger partial charge on any atom is 0.407 e. The average Bonchev–Trinajstić information content (AvgIpc) is 0.738. The van der Waals surface area contributed by atoms with Crippen LogP contribution in [-0.4, -0.2) is 369 Å². The number of nitrogens with one attached hydrogen (secondary N) is 1. The third-order valence-electron chi connectivity index (χ3n) is 20.7. The number of rotatable bonds is 64. The smallest absolute Gasteiger partial charge is 0.407 e. The van der Waals surface area contributed by atoms with E-state index in [0.717, 1.165) is 68.9 Å². The molecule has 1 saturated heterocycles. The number of benzene rings is 3. The molecule has 1 heterocycles. The van der Waals surface area contributed by atoms with Crippen LogP contribution < -0.4 is 20.5 Å². The molecule has 0 radical (unpaired) electrons. The Balaban J connectivity index is 0.000000387. The van der Waals surface area contributed by atoms with E-state index in [9.17, 15) is 43.2 Å². The van der Waals surface area contributed by atoms with Crippen molar-refractivity contribution in [3.05, 3.63) is 94.5 Å². The van der Waals surface area contributed by atoms with Crippen molar-refractivity contribution in [2.75, 3.05) is 293 Å². The normalized spacial score (nSPS) is 18.2. The highest BCUT2D eigenvalue weighted by Gasteiger charge is 2.48. The maximum atomic E-state index is 13.0. The lowest BCUT2D eigenvalue weighted by molar-refractivity contribution is -0.174. The molecule has 0 spiro atoms. The monoisotopic (exact) mass is 1880 g/mol. The van der Waals surface area contributed by atoms with Crippen LogP contribution in [0.25, 0.3) is 0 Å².